The molecule has 15 heavy (non-hydrogen) atoms. The van der Waals surface area contributed by atoms with E-state index in [-0.39, 0.29) is 5.78 Å². The van der Waals surface area contributed by atoms with Gasteiger partial charge in [-0.3, -0.25) is 4.79 Å². The predicted octanol–water partition coefficient (Wildman–Crippen LogP) is 2.97. The number of halogens is 1. The smallest absolute Gasteiger partial charge is 0.176 e. The summed E-state index contributed by atoms with van der Waals surface area (Å²) >= 11 is 3.39. The van der Waals surface area contributed by atoms with Crippen LogP contribution in [-0.4, -0.2) is 19.4 Å². The van der Waals surface area contributed by atoms with Crippen molar-refractivity contribution in [2.24, 2.45) is 0 Å². The first-order chi connectivity index (χ1) is 7.06. The molecule has 2 nitrogen and oxygen atoms in total. The summed E-state index contributed by atoms with van der Waals surface area (Å²) < 4.78 is 0.950. The molecule has 0 aliphatic heterocycles. The first kappa shape index (κ1) is 12.4. The van der Waals surface area contributed by atoms with Crippen LogP contribution >= 0.6 is 15.9 Å². The number of carbonyl (C=O) groups is 1. The van der Waals surface area contributed by atoms with E-state index in [1.807, 2.05) is 18.2 Å². The fraction of sp³-hybridized carbons (Fsp3) is 0.417. The van der Waals surface area contributed by atoms with Gasteiger partial charge in [0.25, 0.3) is 0 Å². The molecule has 0 atom stereocenters. The maximum Gasteiger partial charge on any atom is 0.176 e. The molecule has 0 amide bonds. The van der Waals surface area contributed by atoms with Gasteiger partial charge in [-0.05, 0) is 30.7 Å². The molecule has 3 heteroatoms. The third-order valence-corrected chi connectivity index (χ3v) is 2.77. The van der Waals surface area contributed by atoms with Gasteiger partial charge in [0.1, 0.15) is 0 Å². The van der Waals surface area contributed by atoms with E-state index in [4.69, 9.17) is 0 Å². The van der Waals surface area contributed by atoms with Gasteiger partial charge >= 0.3 is 0 Å². The summed E-state index contributed by atoms with van der Waals surface area (Å²) in [5, 5.41) is 2.89. The quantitative estimate of drug-likeness (QED) is 0.852. The highest BCUT2D eigenvalue weighted by Gasteiger charge is 2.13. The predicted molar refractivity (Wildman–Crippen MR) is 66.5 cm³/mol. The van der Waals surface area contributed by atoms with Crippen molar-refractivity contribution in [3.8, 4) is 0 Å². The zero-order chi connectivity index (χ0) is 11.4. The van der Waals surface area contributed by atoms with E-state index < -0.39 is 0 Å². The van der Waals surface area contributed by atoms with E-state index in [0.29, 0.717) is 12.5 Å². The van der Waals surface area contributed by atoms with Gasteiger partial charge in [0.2, 0.25) is 0 Å². The van der Waals surface area contributed by atoms with E-state index >= 15 is 0 Å². The lowest BCUT2D eigenvalue weighted by molar-refractivity contribution is 0.0992. The van der Waals surface area contributed by atoms with Crippen molar-refractivity contribution in [2.75, 3.05) is 13.6 Å². The molecule has 1 aromatic carbocycles. The topological polar surface area (TPSA) is 29.1 Å². The van der Waals surface area contributed by atoms with E-state index in [1.54, 1.807) is 7.05 Å². The standard InChI is InChI=1S/C12H16BrNO/c1-8(2)10-5-4-9(13)6-11(10)12(15)7-14-3/h4-6,8,14H,7H2,1-3H3. The molecule has 0 saturated carbocycles. The highest BCUT2D eigenvalue weighted by Crippen LogP contribution is 2.23. The van der Waals surface area contributed by atoms with Crippen LogP contribution < -0.4 is 5.32 Å². The second-order valence-electron chi connectivity index (χ2n) is 3.84. The lowest BCUT2D eigenvalue weighted by Gasteiger charge is -2.12. The normalized spacial score (nSPS) is 10.7. The molecule has 1 aromatic rings. The Morgan fingerprint density at radius 1 is 1.47 bits per heavy atom. The summed E-state index contributed by atoms with van der Waals surface area (Å²) in [5.74, 6) is 0.511. The number of nitrogens with one attached hydrogen (secondary N) is 1. The second-order valence-corrected chi connectivity index (χ2v) is 4.76. The Balaban J connectivity index is 3.12. The van der Waals surface area contributed by atoms with Crippen LogP contribution in [0.3, 0.4) is 0 Å². The number of hydrogen-bond donors (Lipinski definition) is 1. The third kappa shape index (κ3) is 3.14. The number of hydrogen-bond acceptors (Lipinski definition) is 2. The first-order valence-electron chi connectivity index (χ1n) is 5.03. The van der Waals surface area contributed by atoms with Crippen molar-refractivity contribution in [1.29, 1.82) is 0 Å². The van der Waals surface area contributed by atoms with Gasteiger partial charge in [0, 0.05) is 10.0 Å². The van der Waals surface area contributed by atoms with Crippen LogP contribution in [0.2, 0.25) is 0 Å². The Morgan fingerprint density at radius 3 is 2.67 bits per heavy atom. The monoisotopic (exact) mass is 269 g/mol. The van der Waals surface area contributed by atoms with E-state index in [9.17, 15) is 4.79 Å². The zero-order valence-corrected chi connectivity index (χ0v) is 10.9. The summed E-state index contributed by atoms with van der Waals surface area (Å²) in [6, 6.07) is 5.89. The minimum absolute atomic E-state index is 0.141. The van der Waals surface area contributed by atoms with Gasteiger partial charge in [-0.25, -0.2) is 0 Å². The van der Waals surface area contributed by atoms with Crippen molar-refractivity contribution < 1.29 is 4.79 Å². The maximum atomic E-state index is 11.8. The molecule has 0 aliphatic rings. The van der Waals surface area contributed by atoms with Gasteiger partial charge < -0.3 is 5.32 Å². The van der Waals surface area contributed by atoms with Crippen molar-refractivity contribution in [1.82, 2.24) is 5.32 Å². The molecular weight excluding hydrogens is 254 g/mol. The number of rotatable bonds is 4. The van der Waals surface area contributed by atoms with Crippen molar-refractivity contribution in [2.45, 2.75) is 19.8 Å². The minimum Gasteiger partial charge on any atom is -0.313 e. The fourth-order valence-electron chi connectivity index (χ4n) is 1.53. The molecule has 0 bridgehead atoms. The Bertz CT molecular complexity index is 361. The Labute approximate surface area is 99.2 Å². The SMILES string of the molecule is CNCC(=O)c1cc(Br)ccc1C(C)C. The highest BCUT2D eigenvalue weighted by molar-refractivity contribution is 9.10. The van der Waals surface area contributed by atoms with Crippen LogP contribution in [0.4, 0.5) is 0 Å². The van der Waals surface area contributed by atoms with Crippen LogP contribution in [0.25, 0.3) is 0 Å². The van der Waals surface area contributed by atoms with Gasteiger partial charge in [-0.15, -0.1) is 0 Å². The molecule has 0 spiro atoms. The molecule has 82 valence electrons. The Kier molecular flexibility index (Phi) is 4.48. The maximum absolute atomic E-state index is 11.8. The van der Waals surface area contributed by atoms with E-state index in [1.165, 1.54) is 0 Å². The molecule has 1 N–H and O–H groups in total. The molecule has 0 saturated heterocycles. The molecule has 0 aromatic heterocycles. The lowest BCUT2D eigenvalue weighted by Crippen LogP contribution is -2.20. The molecule has 0 fully saturated rings. The number of likely N-dealkylation sites (N-methyl/N-ethyl adjacent to an activating group) is 1. The Hall–Kier alpha value is -0.670. The molecule has 1 rings (SSSR count). The minimum atomic E-state index is 0.141. The fourth-order valence-corrected chi connectivity index (χ4v) is 1.89. The van der Waals surface area contributed by atoms with E-state index in [2.05, 4.69) is 35.1 Å². The van der Waals surface area contributed by atoms with Crippen LogP contribution in [0.1, 0.15) is 35.7 Å². The van der Waals surface area contributed by atoms with Gasteiger partial charge in [-0.1, -0.05) is 35.8 Å². The lowest BCUT2D eigenvalue weighted by atomic mass is 9.95. The highest BCUT2D eigenvalue weighted by atomic mass is 79.9. The summed E-state index contributed by atoms with van der Waals surface area (Å²) in [6.07, 6.45) is 0. The Morgan fingerprint density at radius 2 is 2.13 bits per heavy atom. The van der Waals surface area contributed by atoms with Crippen molar-refractivity contribution in [3.05, 3.63) is 33.8 Å². The number of benzene rings is 1. The van der Waals surface area contributed by atoms with Crippen LogP contribution in [0.15, 0.2) is 22.7 Å². The molecule has 0 aliphatic carbocycles. The average molecular weight is 270 g/mol. The van der Waals surface area contributed by atoms with E-state index in [0.717, 1.165) is 15.6 Å². The van der Waals surface area contributed by atoms with Gasteiger partial charge in [-0.2, -0.15) is 0 Å². The third-order valence-electron chi connectivity index (χ3n) is 2.28. The average Bonchev–Trinajstić information content (AvgIpc) is 2.17. The van der Waals surface area contributed by atoms with Gasteiger partial charge in [0.05, 0.1) is 6.54 Å². The van der Waals surface area contributed by atoms with Crippen molar-refractivity contribution >= 4 is 21.7 Å². The molecule has 0 unspecified atom stereocenters. The number of Topliss-reactive ketones (excluding diaryl/α,β-unsaturated/α-hetero) is 1. The van der Waals surface area contributed by atoms with Crippen LogP contribution in [-0.2, 0) is 0 Å². The summed E-state index contributed by atoms with van der Waals surface area (Å²) in [7, 11) is 1.78. The molecular formula is C12H16BrNO. The first-order valence-corrected chi connectivity index (χ1v) is 5.82. The summed E-state index contributed by atoms with van der Waals surface area (Å²) in [5.41, 5.74) is 1.92. The van der Waals surface area contributed by atoms with Crippen LogP contribution in [0, 0.1) is 0 Å². The number of ketones is 1. The van der Waals surface area contributed by atoms with Crippen molar-refractivity contribution in [3.63, 3.8) is 0 Å². The molecule has 0 heterocycles. The van der Waals surface area contributed by atoms with Crippen LogP contribution in [0.5, 0.6) is 0 Å². The largest absolute Gasteiger partial charge is 0.313 e. The summed E-state index contributed by atoms with van der Waals surface area (Å²) in [6.45, 7) is 4.58. The zero-order valence-electron chi connectivity index (χ0n) is 9.30. The summed E-state index contributed by atoms with van der Waals surface area (Å²) in [4.78, 5) is 11.8. The molecule has 0 radical (unpaired) electrons. The van der Waals surface area contributed by atoms with Gasteiger partial charge in [0.15, 0.2) is 5.78 Å². The second kappa shape index (κ2) is 5.42. The number of carbonyl (C=O) groups excluding carboxylic acids is 1.